The van der Waals surface area contributed by atoms with E-state index in [1.807, 2.05) is 6.07 Å². The largest absolute Gasteiger partial charge is 0.380 e. The van der Waals surface area contributed by atoms with E-state index in [0.29, 0.717) is 24.2 Å². The van der Waals surface area contributed by atoms with E-state index in [4.69, 9.17) is 0 Å². The molecular formula is C16H14FN5O2. The third kappa shape index (κ3) is 3.37. The summed E-state index contributed by atoms with van der Waals surface area (Å²) in [7, 11) is 0. The number of aromatic nitrogens is 3. The molecule has 0 saturated heterocycles. The van der Waals surface area contributed by atoms with Crippen LogP contribution in [0.3, 0.4) is 0 Å². The van der Waals surface area contributed by atoms with E-state index >= 15 is 0 Å². The van der Waals surface area contributed by atoms with Gasteiger partial charge >= 0.3 is 0 Å². The maximum Gasteiger partial charge on any atom is 0.273 e. The van der Waals surface area contributed by atoms with Gasteiger partial charge in [0.05, 0.1) is 23.2 Å². The van der Waals surface area contributed by atoms with E-state index in [9.17, 15) is 14.5 Å². The molecule has 7 nitrogen and oxygen atoms in total. The summed E-state index contributed by atoms with van der Waals surface area (Å²) in [4.78, 5) is 14.3. The van der Waals surface area contributed by atoms with Crippen LogP contribution < -0.4 is 5.32 Å². The number of benzene rings is 2. The van der Waals surface area contributed by atoms with Crippen LogP contribution in [0.2, 0.25) is 0 Å². The number of anilines is 1. The quantitative estimate of drug-likeness (QED) is 0.555. The van der Waals surface area contributed by atoms with Gasteiger partial charge in [0.15, 0.2) is 5.82 Å². The molecule has 0 amide bonds. The predicted molar refractivity (Wildman–Crippen MR) is 87.0 cm³/mol. The maximum atomic E-state index is 14.4. The van der Waals surface area contributed by atoms with Crippen LogP contribution in [-0.4, -0.2) is 26.2 Å². The Hall–Kier alpha value is -3.29. The normalized spacial score (nSPS) is 10.5. The van der Waals surface area contributed by atoms with Crippen LogP contribution in [0.25, 0.3) is 11.1 Å². The Morgan fingerprint density at radius 1 is 1.25 bits per heavy atom. The summed E-state index contributed by atoms with van der Waals surface area (Å²) in [5.74, 6) is -0.665. The second kappa shape index (κ2) is 6.86. The first kappa shape index (κ1) is 15.6. The Kier molecular flexibility index (Phi) is 4.46. The van der Waals surface area contributed by atoms with Gasteiger partial charge in [0.25, 0.3) is 5.69 Å². The van der Waals surface area contributed by atoms with E-state index in [-0.39, 0.29) is 11.4 Å². The predicted octanol–water partition coefficient (Wildman–Crippen LogP) is 3.10. The molecule has 0 aliphatic rings. The van der Waals surface area contributed by atoms with Crippen molar-refractivity contribution in [2.24, 2.45) is 0 Å². The summed E-state index contributed by atoms with van der Waals surface area (Å²) >= 11 is 0. The van der Waals surface area contributed by atoms with E-state index in [1.54, 1.807) is 35.3 Å². The molecule has 0 aliphatic heterocycles. The topological polar surface area (TPSA) is 85.9 Å². The second-order valence-corrected chi connectivity index (χ2v) is 5.06. The van der Waals surface area contributed by atoms with Crippen molar-refractivity contribution in [1.29, 1.82) is 0 Å². The van der Waals surface area contributed by atoms with E-state index in [2.05, 4.69) is 15.4 Å². The Morgan fingerprint density at radius 2 is 2.04 bits per heavy atom. The van der Waals surface area contributed by atoms with E-state index in [0.717, 1.165) is 6.07 Å². The molecule has 8 heteroatoms. The summed E-state index contributed by atoms with van der Waals surface area (Å²) in [6, 6.07) is 11.3. The minimum atomic E-state index is -0.665. The molecule has 3 aromatic rings. The average Bonchev–Trinajstić information content (AvgIpc) is 3.10. The van der Waals surface area contributed by atoms with Gasteiger partial charge in [0, 0.05) is 18.2 Å². The van der Waals surface area contributed by atoms with Gasteiger partial charge < -0.3 is 5.32 Å². The van der Waals surface area contributed by atoms with Gasteiger partial charge in [0.1, 0.15) is 12.7 Å². The molecule has 0 radical (unpaired) electrons. The molecule has 0 atom stereocenters. The third-order valence-corrected chi connectivity index (χ3v) is 3.48. The van der Waals surface area contributed by atoms with Crippen molar-refractivity contribution < 1.29 is 9.31 Å². The fourth-order valence-electron chi connectivity index (χ4n) is 2.37. The van der Waals surface area contributed by atoms with Crippen molar-refractivity contribution in [2.45, 2.75) is 6.54 Å². The van der Waals surface area contributed by atoms with Crippen molar-refractivity contribution in [1.82, 2.24) is 14.8 Å². The number of nitro benzene ring substituents is 1. The number of nitro groups is 1. The highest BCUT2D eigenvalue weighted by Gasteiger charge is 2.17. The molecule has 3 rings (SSSR count). The zero-order valence-corrected chi connectivity index (χ0v) is 12.6. The first-order chi connectivity index (χ1) is 11.6. The number of hydrogen-bond donors (Lipinski definition) is 1. The molecule has 24 heavy (non-hydrogen) atoms. The van der Waals surface area contributed by atoms with E-state index in [1.165, 1.54) is 12.4 Å². The van der Waals surface area contributed by atoms with Crippen molar-refractivity contribution in [3.05, 3.63) is 71.1 Å². The summed E-state index contributed by atoms with van der Waals surface area (Å²) in [5.41, 5.74) is 1.09. The van der Waals surface area contributed by atoms with Gasteiger partial charge in [-0.2, -0.15) is 5.10 Å². The van der Waals surface area contributed by atoms with Crippen molar-refractivity contribution >= 4 is 11.4 Å². The molecule has 1 N–H and O–H groups in total. The lowest BCUT2D eigenvalue weighted by Gasteiger charge is -2.13. The number of nitrogens with one attached hydrogen (secondary N) is 1. The van der Waals surface area contributed by atoms with Crippen LogP contribution in [0.15, 0.2) is 55.1 Å². The third-order valence-electron chi connectivity index (χ3n) is 3.48. The first-order valence-electron chi connectivity index (χ1n) is 7.25. The van der Waals surface area contributed by atoms with E-state index < -0.39 is 10.7 Å². The molecular weight excluding hydrogens is 313 g/mol. The highest BCUT2D eigenvalue weighted by molar-refractivity contribution is 5.80. The fraction of sp³-hybridized carbons (Fsp3) is 0.125. The van der Waals surface area contributed by atoms with Crippen LogP contribution in [0.4, 0.5) is 15.8 Å². The summed E-state index contributed by atoms with van der Waals surface area (Å²) in [6.45, 7) is 0.891. The molecule has 0 saturated carbocycles. The lowest BCUT2D eigenvalue weighted by molar-refractivity contribution is -0.385. The highest BCUT2D eigenvalue weighted by atomic mass is 19.1. The van der Waals surface area contributed by atoms with Crippen molar-refractivity contribution in [2.75, 3.05) is 11.9 Å². The van der Waals surface area contributed by atoms with Gasteiger partial charge in [-0.25, -0.2) is 9.37 Å². The number of halogens is 1. The number of non-ortho nitro benzene ring substituents is 1. The Bertz CT molecular complexity index is 837. The van der Waals surface area contributed by atoms with Gasteiger partial charge in [-0.15, -0.1) is 0 Å². The van der Waals surface area contributed by atoms with Crippen LogP contribution >= 0.6 is 0 Å². The second-order valence-electron chi connectivity index (χ2n) is 5.06. The average molecular weight is 327 g/mol. The molecule has 0 bridgehead atoms. The van der Waals surface area contributed by atoms with Crippen LogP contribution in [0, 0.1) is 15.9 Å². The number of hydrogen-bond acceptors (Lipinski definition) is 5. The summed E-state index contributed by atoms with van der Waals surface area (Å²) in [6.07, 6.45) is 2.98. The Morgan fingerprint density at radius 3 is 2.71 bits per heavy atom. The molecule has 0 unspecified atom stereocenters. The smallest absolute Gasteiger partial charge is 0.273 e. The van der Waals surface area contributed by atoms with Gasteiger partial charge in [-0.3, -0.25) is 14.8 Å². The lowest BCUT2D eigenvalue weighted by atomic mass is 10.0. The van der Waals surface area contributed by atoms with Crippen molar-refractivity contribution in [3.8, 4) is 11.1 Å². The minimum absolute atomic E-state index is 0.229. The Balaban J connectivity index is 1.92. The first-order valence-corrected chi connectivity index (χ1v) is 7.25. The molecule has 0 aliphatic carbocycles. The fourth-order valence-corrected chi connectivity index (χ4v) is 2.37. The standard InChI is InChI=1S/C16H14FN5O2/c17-15-9-13(22(23)24)8-14(12-4-2-1-3-5-12)16(15)19-6-7-21-11-18-10-20-21/h1-5,8-11,19H,6-7H2. The molecule has 0 fully saturated rings. The molecule has 2 aromatic carbocycles. The zero-order valence-electron chi connectivity index (χ0n) is 12.6. The van der Waals surface area contributed by atoms with Crippen molar-refractivity contribution in [3.63, 3.8) is 0 Å². The number of nitrogens with zero attached hydrogens (tertiary/aromatic N) is 4. The number of rotatable bonds is 6. The molecule has 1 aromatic heterocycles. The van der Waals surface area contributed by atoms with Crippen LogP contribution in [-0.2, 0) is 6.54 Å². The zero-order chi connectivity index (χ0) is 16.9. The SMILES string of the molecule is O=[N+]([O-])c1cc(F)c(NCCn2cncn2)c(-c2ccccc2)c1. The van der Waals surface area contributed by atoms with Crippen LogP contribution in [0.5, 0.6) is 0 Å². The lowest BCUT2D eigenvalue weighted by Crippen LogP contribution is -2.12. The monoisotopic (exact) mass is 327 g/mol. The molecule has 122 valence electrons. The minimum Gasteiger partial charge on any atom is -0.380 e. The van der Waals surface area contributed by atoms with Gasteiger partial charge in [-0.05, 0) is 5.56 Å². The maximum absolute atomic E-state index is 14.4. The summed E-state index contributed by atoms with van der Waals surface area (Å²) in [5, 5.41) is 18.0. The van der Waals surface area contributed by atoms with Gasteiger partial charge in [0.2, 0.25) is 0 Å². The molecule has 0 spiro atoms. The highest BCUT2D eigenvalue weighted by Crippen LogP contribution is 2.34. The molecule has 1 heterocycles. The van der Waals surface area contributed by atoms with Gasteiger partial charge in [-0.1, -0.05) is 30.3 Å². The van der Waals surface area contributed by atoms with Crippen LogP contribution in [0.1, 0.15) is 0 Å². The Labute approximate surface area is 136 Å². The summed E-state index contributed by atoms with van der Waals surface area (Å²) < 4.78 is 16.0.